The summed E-state index contributed by atoms with van der Waals surface area (Å²) in [6, 6.07) is 3.73. The van der Waals surface area contributed by atoms with Crippen molar-refractivity contribution in [3.05, 3.63) is 23.7 Å². The number of rotatable bonds is 2. The number of aryl methyl sites for hydroxylation is 1. The van der Waals surface area contributed by atoms with Gasteiger partial charge in [-0.2, -0.15) is 0 Å². The summed E-state index contributed by atoms with van der Waals surface area (Å²) in [4.78, 5) is 10.5. The molecule has 0 amide bonds. The third kappa shape index (κ3) is 1.11. The Kier molecular flexibility index (Phi) is 1.46. The highest BCUT2D eigenvalue weighted by Crippen LogP contribution is 2.47. The zero-order valence-corrected chi connectivity index (χ0v) is 6.78. The monoisotopic (exact) mass is 166 g/mol. The summed E-state index contributed by atoms with van der Waals surface area (Å²) in [5.74, 6) is 0.863. The van der Waals surface area contributed by atoms with E-state index in [1.165, 1.54) is 0 Å². The maximum Gasteiger partial charge on any atom is 0.307 e. The van der Waals surface area contributed by atoms with Crippen molar-refractivity contribution >= 4 is 5.97 Å². The fourth-order valence-corrected chi connectivity index (χ4v) is 1.44. The van der Waals surface area contributed by atoms with Crippen LogP contribution in [0.2, 0.25) is 0 Å². The van der Waals surface area contributed by atoms with Crippen LogP contribution in [0.1, 0.15) is 23.9 Å². The quantitative estimate of drug-likeness (QED) is 0.728. The standard InChI is InChI=1S/C9H10O3/c1-5-2-3-8(12-5)6-4-7(6)9(10)11/h2-3,6-7H,4H2,1H3,(H,10,11). The van der Waals surface area contributed by atoms with Gasteiger partial charge in [-0.05, 0) is 25.5 Å². The molecule has 1 N–H and O–H groups in total. The minimum atomic E-state index is -0.714. The Morgan fingerprint density at radius 2 is 2.42 bits per heavy atom. The van der Waals surface area contributed by atoms with Crippen LogP contribution in [0.25, 0.3) is 0 Å². The summed E-state index contributed by atoms with van der Waals surface area (Å²) in [6.45, 7) is 1.86. The number of furan rings is 1. The molecule has 0 saturated heterocycles. The largest absolute Gasteiger partial charge is 0.481 e. The second kappa shape index (κ2) is 2.37. The SMILES string of the molecule is Cc1ccc(C2CC2C(=O)O)o1. The van der Waals surface area contributed by atoms with Crippen molar-refractivity contribution in [3.8, 4) is 0 Å². The zero-order chi connectivity index (χ0) is 8.72. The smallest absolute Gasteiger partial charge is 0.307 e. The Morgan fingerprint density at radius 1 is 1.67 bits per heavy atom. The molecule has 1 aliphatic rings. The number of hydrogen-bond donors (Lipinski definition) is 1. The van der Waals surface area contributed by atoms with E-state index >= 15 is 0 Å². The van der Waals surface area contributed by atoms with E-state index in [0.717, 1.165) is 17.9 Å². The molecule has 1 aromatic heterocycles. The summed E-state index contributed by atoms with van der Waals surface area (Å²) in [6.07, 6.45) is 0.724. The topological polar surface area (TPSA) is 50.4 Å². The van der Waals surface area contributed by atoms with E-state index in [9.17, 15) is 4.79 Å². The van der Waals surface area contributed by atoms with Crippen LogP contribution in [0, 0.1) is 12.8 Å². The molecule has 0 bridgehead atoms. The summed E-state index contributed by atoms with van der Waals surface area (Å²) >= 11 is 0. The second-order valence-corrected chi connectivity index (χ2v) is 3.24. The average molecular weight is 166 g/mol. The van der Waals surface area contributed by atoms with E-state index in [4.69, 9.17) is 9.52 Å². The summed E-state index contributed by atoms with van der Waals surface area (Å²) in [5, 5.41) is 8.65. The lowest BCUT2D eigenvalue weighted by atomic mass is 10.2. The number of aliphatic carboxylic acids is 1. The molecule has 1 fully saturated rings. The summed E-state index contributed by atoms with van der Waals surface area (Å²) in [7, 11) is 0. The van der Waals surface area contributed by atoms with Gasteiger partial charge >= 0.3 is 5.97 Å². The van der Waals surface area contributed by atoms with Crippen LogP contribution in [0.3, 0.4) is 0 Å². The highest BCUT2D eigenvalue weighted by molar-refractivity contribution is 5.74. The van der Waals surface area contributed by atoms with E-state index in [1.807, 2.05) is 19.1 Å². The Labute approximate surface area is 70.0 Å². The third-order valence-electron chi connectivity index (χ3n) is 2.23. The molecule has 2 atom stereocenters. The molecule has 0 radical (unpaired) electrons. The van der Waals surface area contributed by atoms with Gasteiger partial charge in [0.1, 0.15) is 11.5 Å². The number of carboxylic acids is 1. The molecule has 2 unspecified atom stereocenters. The van der Waals surface area contributed by atoms with Crippen molar-refractivity contribution < 1.29 is 14.3 Å². The first-order chi connectivity index (χ1) is 5.68. The highest BCUT2D eigenvalue weighted by atomic mass is 16.4. The van der Waals surface area contributed by atoms with Crippen molar-refractivity contribution in [1.82, 2.24) is 0 Å². The molecule has 3 nitrogen and oxygen atoms in total. The maximum absolute atomic E-state index is 10.5. The summed E-state index contributed by atoms with van der Waals surface area (Å²) < 4.78 is 5.32. The Hall–Kier alpha value is -1.25. The van der Waals surface area contributed by atoms with E-state index in [0.29, 0.717) is 0 Å². The van der Waals surface area contributed by atoms with Crippen molar-refractivity contribution in [2.45, 2.75) is 19.3 Å². The zero-order valence-electron chi connectivity index (χ0n) is 6.78. The average Bonchev–Trinajstić information content (AvgIpc) is 2.70. The lowest BCUT2D eigenvalue weighted by Crippen LogP contribution is -1.98. The number of hydrogen-bond acceptors (Lipinski definition) is 2. The van der Waals surface area contributed by atoms with Gasteiger partial charge in [0.15, 0.2) is 0 Å². The molecule has 12 heavy (non-hydrogen) atoms. The van der Waals surface area contributed by atoms with Crippen molar-refractivity contribution in [3.63, 3.8) is 0 Å². The minimum absolute atomic E-state index is 0.121. The first-order valence-electron chi connectivity index (χ1n) is 3.97. The van der Waals surface area contributed by atoms with Crippen LogP contribution in [-0.2, 0) is 4.79 Å². The molecule has 2 rings (SSSR count). The molecule has 0 aliphatic heterocycles. The predicted octanol–water partition coefficient (Wildman–Crippen LogP) is 1.78. The van der Waals surface area contributed by atoms with Crippen molar-refractivity contribution in [2.24, 2.45) is 5.92 Å². The molecular weight excluding hydrogens is 156 g/mol. The van der Waals surface area contributed by atoms with Gasteiger partial charge in [0, 0.05) is 5.92 Å². The lowest BCUT2D eigenvalue weighted by molar-refractivity contribution is -0.138. The number of carboxylic acid groups (broad SMARTS) is 1. The van der Waals surface area contributed by atoms with Crippen LogP contribution in [0.4, 0.5) is 0 Å². The Bertz CT molecular complexity index is 313. The maximum atomic E-state index is 10.5. The third-order valence-corrected chi connectivity index (χ3v) is 2.23. The molecule has 3 heteroatoms. The molecule has 0 spiro atoms. The van der Waals surface area contributed by atoms with Gasteiger partial charge in [-0.15, -0.1) is 0 Å². The van der Waals surface area contributed by atoms with E-state index in [-0.39, 0.29) is 11.8 Å². The first kappa shape index (κ1) is 7.40. The molecule has 1 aliphatic carbocycles. The van der Waals surface area contributed by atoms with Gasteiger partial charge in [-0.3, -0.25) is 4.79 Å². The lowest BCUT2D eigenvalue weighted by Gasteiger charge is -1.90. The van der Waals surface area contributed by atoms with Crippen LogP contribution < -0.4 is 0 Å². The van der Waals surface area contributed by atoms with E-state index < -0.39 is 5.97 Å². The van der Waals surface area contributed by atoms with Gasteiger partial charge in [0.05, 0.1) is 5.92 Å². The molecule has 1 saturated carbocycles. The molecule has 64 valence electrons. The Balaban J connectivity index is 2.10. The van der Waals surface area contributed by atoms with Gasteiger partial charge in [-0.25, -0.2) is 0 Å². The van der Waals surface area contributed by atoms with Crippen molar-refractivity contribution in [2.75, 3.05) is 0 Å². The van der Waals surface area contributed by atoms with Crippen LogP contribution in [-0.4, -0.2) is 11.1 Å². The van der Waals surface area contributed by atoms with Gasteiger partial charge in [0.2, 0.25) is 0 Å². The molecule has 1 aromatic rings. The fourth-order valence-electron chi connectivity index (χ4n) is 1.44. The van der Waals surface area contributed by atoms with E-state index in [2.05, 4.69) is 0 Å². The predicted molar refractivity (Wildman–Crippen MR) is 41.9 cm³/mol. The normalized spacial score (nSPS) is 27.1. The van der Waals surface area contributed by atoms with Gasteiger partial charge in [0.25, 0.3) is 0 Å². The number of carbonyl (C=O) groups is 1. The minimum Gasteiger partial charge on any atom is -0.481 e. The van der Waals surface area contributed by atoms with Crippen molar-refractivity contribution in [1.29, 1.82) is 0 Å². The van der Waals surface area contributed by atoms with Crippen LogP contribution in [0.5, 0.6) is 0 Å². The Morgan fingerprint density at radius 3 is 2.83 bits per heavy atom. The summed E-state index contributed by atoms with van der Waals surface area (Å²) in [5.41, 5.74) is 0. The second-order valence-electron chi connectivity index (χ2n) is 3.24. The molecule has 0 aromatic carbocycles. The first-order valence-corrected chi connectivity index (χ1v) is 3.97. The van der Waals surface area contributed by atoms with E-state index in [1.54, 1.807) is 0 Å². The van der Waals surface area contributed by atoms with Gasteiger partial charge < -0.3 is 9.52 Å². The molecule has 1 heterocycles. The van der Waals surface area contributed by atoms with Gasteiger partial charge in [-0.1, -0.05) is 0 Å². The van der Waals surface area contributed by atoms with Crippen LogP contribution in [0.15, 0.2) is 16.5 Å². The highest BCUT2D eigenvalue weighted by Gasteiger charge is 2.46. The molecular formula is C9H10O3. The fraction of sp³-hybridized carbons (Fsp3) is 0.444. The van der Waals surface area contributed by atoms with Crippen LogP contribution >= 0.6 is 0 Å².